The lowest BCUT2D eigenvalue weighted by Crippen LogP contribution is -2.65. The van der Waals surface area contributed by atoms with Crippen LogP contribution in [0.25, 0.3) is 0 Å². The Morgan fingerprint density at radius 1 is 1.24 bits per heavy atom. The van der Waals surface area contributed by atoms with Crippen LogP contribution in [0.4, 0.5) is 4.39 Å². The highest BCUT2D eigenvalue weighted by Gasteiger charge is 2.52. The number of nitrogens with one attached hydrogen (secondary N) is 1. The fraction of sp³-hybridized carbons (Fsp3) is 0.286. The maximum Gasteiger partial charge on any atom is 0.260 e. The van der Waals surface area contributed by atoms with Crippen LogP contribution in [0.5, 0.6) is 0 Å². The normalized spacial score (nSPS) is 15.8. The largest absolute Gasteiger partial charge is 0.351 e. The smallest absolute Gasteiger partial charge is 0.260 e. The van der Waals surface area contributed by atoms with Crippen molar-refractivity contribution in [3.05, 3.63) is 75.7 Å². The van der Waals surface area contributed by atoms with Crippen molar-refractivity contribution in [1.29, 1.82) is 0 Å². The quantitative estimate of drug-likeness (QED) is 0.548. The van der Waals surface area contributed by atoms with Crippen LogP contribution in [0.1, 0.15) is 21.9 Å². The van der Waals surface area contributed by atoms with E-state index in [0.717, 1.165) is 0 Å². The summed E-state index contributed by atoms with van der Waals surface area (Å²) in [6.45, 7) is 1.51. The molecule has 1 aliphatic heterocycles. The minimum absolute atomic E-state index is 0.0343. The van der Waals surface area contributed by atoms with E-state index < -0.39 is 27.2 Å². The summed E-state index contributed by atoms with van der Waals surface area (Å²) in [6.07, 6.45) is 2.72. The number of sulfonamides is 1. The number of amides is 1. The number of hydrogen-bond donors (Lipinski definition) is 1. The molecule has 1 amide bonds. The molecule has 2 aromatic heterocycles. The average Bonchev–Trinajstić information content (AvgIpc) is 3.07. The molecule has 4 rings (SSSR count). The summed E-state index contributed by atoms with van der Waals surface area (Å²) in [5, 5.41) is 3.33. The molecular formula is C21H20Cl2FN5O3S. The van der Waals surface area contributed by atoms with Gasteiger partial charge in [0.15, 0.2) is 5.03 Å². The molecule has 0 saturated carbocycles. The molecule has 1 N–H and O–H groups in total. The number of aryl methyl sites for hydroxylation is 1. The van der Waals surface area contributed by atoms with Crippen molar-refractivity contribution in [3.63, 3.8) is 0 Å². The first kappa shape index (κ1) is 23.6. The number of aromatic nitrogens is 3. The van der Waals surface area contributed by atoms with Gasteiger partial charge in [0, 0.05) is 37.9 Å². The third-order valence-electron chi connectivity index (χ3n) is 5.76. The van der Waals surface area contributed by atoms with Gasteiger partial charge in [0.2, 0.25) is 0 Å². The van der Waals surface area contributed by atoms with Gasteiger partial charge in [-0.1, -0.05) is 23.2 Å². The van der Waals surface area contributed by atoms with Gasteiger partial charge < -0.3 is 9.88 Å². The van der Waals surface area contributed by atoms with Crippen LogP contribution in [-0.4, -0.2) is 52.8 Å². The SMILES string of the molecule is Cc1ncc(S(=O)(=O)N2CC(CNC(=O)c3ccc(Cl)cc3Cl)(c3ncccc3F)C2)n1C. The molecule has 0 aliphatic carbocycles. The maximum atomic E-state index is 14.7. The van der Waals surface area contributed by atoms with Gasteiger partial charge >= 0.3 is 0 Å². The molecule has 0 radical (unpaired) electrons. The van der Waals surface area contributed by atoms with Crippen LogP contribution in [0.2, 0.25) is 10.0 Å². The highest BCUT2D eigenvalue weighted by molar-refractivity contribution is 7.89. The average molecular weight is 512 g/mol. The van der Waals surface area contributed by atoms with E-state index in [9.17, 15) is 17.6 Å². The number of pyridine rings is 1. The summed E-state index contributed by atoms with van der Waals surface area (Å²) < 4.78 is 43.6. The van der Waals surface area contributed by atoms with E-state index >= 15 is 0 Å². The van der Waals surface area contributed by atoms with Crippen molar-refractivity contribution in [2.75, 3.05) is 19.6 Å². The van der Waals surface area contributed by atoms with Crippen LogP contribution >= 0.6 is 23.2 Å². The number of halogens is 3. The molecule has 12 heteroatoms. The van der Waals surface area contributed by atoms with Crippen molar-refractivity contribution in [2.45, 2.75) is 17.4 Å². The first-order valence-corrected chi connectivity index (χ1v) is 12.1. The Kier molecular flexibility index (Phi) is 6.21. The molecule has 0 spiro atoms. The molecule has 1 fully saturated rings. The molecule has 8 nitrogen and oxygen atoms in total. The summed E-state index contributed by atoms with van der Waals surface area (Å²) in [5.41, 5.74) is -0.771. The van der Waals surface area contributed by atoms with Crippen molar-refractivity contribution >= 4 is 39.1 Å². The van der Waals surface area contributed by atoms with Gasteiger partial charge in [-0.2, -0.15) is 4.31 Å². The van der Waals surface area contributed by atoms with E-state index in [2.05, 4.69) is 15.3 Å². The number of nitrogens with zero attached hydrogens (tertiary/aromatic N) is 4. The fourth-order valence-corrected chi connectivity index (χ4v) is 6.05. The highest BCUT2D eigenvalue weighted by atomic mass is 35.5. The summed E-state index contributed by atoms with van der Waals surface area (Å²) in [6, 6.07) is 7.16. The Balaban J connectivity index is 1.60. The van der Waals surface area contributed by atoms with E-state index in [-0.39, 0.29) is 40.9 Å². The third kappa shape index (κ3) is 4.23. The topological polar surface area (TPSA) is 97.2 Å². The lowest BCUT2D eigenvalue weighted by atomic mass is 9.77. The molecule has 174 valence electrons. The van der Waals surface area contributed by atoms with Crippen LogP contribution in [0, 0.1) is 12.7 Å². The second-order valence-corrected chi connectivity index (χ2v) is 10.6. The number of imidazole rings is 1. The molecule has 1 aliphatic rings. The van der Waals surface area contributed by atoms with Gasteiger partial charge in [0.25, 0.3) is 15.9 Å². The molecule has 3 aromatic rings. The van der Waals surface area contributed by atoms with Crippen molar-refractivity contribution in [1.82, 2.24) is 24.2 Å². The van der Waals surface area contributed by atoms with Gasteiger partial charge in [-0.25, -0.2) is 17.8 Å². The molecule has 0 atom stereocenters. The second-order valence-electron chi connectivity index (χ2n) is 7.90. The zero-order valence-corrected chi connectivity index (χ0v) is 20.0. The van der Waals surface area contributed by atoms with Crippen molar-refractivity contribution in [2.24, 2.45) is 7.05 Å². The molecule has 0 unspecified atom stereocenters. The Morgan fingerprint density at radius 3 is 2.58 bits per heavy atom. The number of carbonyl (C=O) groups excluding carboxylic acids is 1. The predicted molar refractivity (Wildman–Crippen MR) is 121 cm³/mol. The van der Waals surface area contributed by atoms with Gasteiger partial charge in [0.05, 0.1) is 27.9 Å². The number of rotatable bonds is 6. The van der Waals surface area contributed by atoms with E-state index in [1.165, 1.54) is 51.6 Å². The van der Waals surface area contributed by atoms with Crippen LogP contribution in [-0.2, 0) is 22.5 Å². The minimum atomic E-state index is -3.87. The van der Waals surface area contributed by atoms with E-state index in [1.54, 1.807) is 14.0 Å². The molecule has 3 heterocycles. The lowest BCUT2D eigenvalue weighted by Gasteiger charge is -2.48. The molecule has 1 aromatic carbocycles. The molecular weight excluding hydrogens is 492 g/mol. The number of benzene rings is 1. The first-order chi connectivity index (χ1) is 15.5. The van der Waals surface area contributed by atoms with Gasteiger partial charge in [-0.05, 0) is 37.3 Å². The fourth-order valence-electron chi connectivity index (χ4n) is 3.79. The second kappa shape index (κ2) is 8.68. The monoisotopic (exact) mass is 511 g/mol. The highest BCUT2D eigenvalue weighted by Crippen LogP contribution is 2.38. The first-order valence-electron chi connectivity index (χ1n) is 9.88. The summed E-state index contributed by atoms with van der Waals surface area (Å²) in [7, 11) is -2.26. The van der Waals surface area contributed by atoms with Gasteiger partial charge in [-0.3, -0.25) is 9.78 Å². The Morgan fingerprint density at radius 2 is 1.97 bits per heavy atom. The van der Waals surface area contributed by atoms with E-state index in [4.69, 9.17) is 23.2 Å². The molecule has 33 heavy (non-hydrogen) atoms. The zero-order chi connectivity index (χ0) is 24.0. The Bertz CT molecular complexity index is 1340. The standard InChI is InChI=1S/C21H20Cl2FN5O3S/c1-13-26-9-18(28(13)2)33(31,32)29-11-21(12-29,19-17(24)4-3-7-25-19)10-27-20(30)15-6-5-14(22)8-16(15)23/h3-9H,10-12H2,1-2H3,(H,27,30). The summed E-state index contributed by atoms with van der Waals surface area (Å²) >= 11 is 12.0. The number of carbonyl (C=O) groups is 1. The Labute approximate surface area is 200 Å². The van der Waals surface area contributed by atoms with Gasteiger partial charge in [-0.15, -0.1) is 0 Å². The molecule has 1 saturated heterocycles. The van der Waals surface area contributed by atoms with Crippen molar-refractivity contribution < 1.29 is 17.6 Å². The lowest BCUT2D eigenvalue weighted by molar-refractivity contribution is 0.0894. The minimum Gasteiger partial charge on any atom is -0.351 e. The summed E-state index contributed by atoms with van der Waals surface area (Å²) in [4.78, 5) is 20.9. The Hall–Kier alpha value is -2.53. The van der Waals surface area contributed by atoms with Gasteiger partial charge in [0.1, 0.15) is 11.6 Å². The number of hydrogen-bond acceptors (Lipinski definition) is 5. The zero-order valence-electron chi connectivity index (χ0n) is 17.7. The maximum absolute atomic E-state index is 14.7. The molecule has 0 bridgehead atoms. The van der Waals surface area contributed by atoms with Crippen LogP contribution < -0.4 is 5.32 Å². The van der Waals surface area contributed by atoms with E-state index in [0.29, 0.717) is 10.8 Å². The predicted octanol–water partition coefficient (Wildman–Crippen LogP) is 2.94. The van der Waals surface area contributed by atoms with Crippen LogP contribution in [0.3, 0.4) is 0 Å². The third-order valence-corrected chi connectivity index (χ3v) is 8.16. The van der Waals surface area contributed by atoms with E-state index in [1.807, 2.05) is 0 Å². The summed E-state index contributed by atoms with van der Waals surface area (Å²) in [5.74, 6) is -0.524. The van der Waals surface area contributed by atoms with Crippen molar-refractivity contribution in [3.8, 4) is 0 Å². The van der Waals surface area contributed by atoms with Crippen LogP contribution in [0.15, 0.2) is 47.8 Å².